The molecule has 1 amide bonds. The van der Waals surface area contributed by atoms with Crippen LogP contribution in [-0.4, -0.2) is 16.7 Å². The van der Waals surface area contributed by atoms with E-state index in [0.717, 1.165) is 27.2 Å². The molecule has 6 heteroatoms. The zero-order valence-corrected chi connectivity index (χ0v) is 16.1. The number of amides is 1. The number of aryl methyl sites for hydroxylation is 2. The summed E-state index contributed by atoms with van der Waals surface area (Å²) in [6, 6.07) is 11.4. The van der Waals surface area contributed by atoms with Crippen LogP contribution in [0.1, 0.15) is 22.8 Å². The second kappa shape index (κ2) is 7.13. The summed E-state index contributed by atoms with van der Waals surface area (Å²) in [7, 11) is 0. The lowest BCUT2D eigenvalue weighted by Crippen LogP contribution is -2.16. The van der Waals surface area contributed by atoms with Crippen molar-refractivity contribution in [3.63, 3.8) is 0 Å². The molecule has 124 valence electrons. The van der Waals surface area contributed by atoms with Crippen LogP contribution >= 0.6 is 34.7 Å². The summed E-state index contributed by atoms with van der Waals surface area (Å²) in [5.74, 6) is -0.228. The summed E-state index contributed by atoms with van der Waals surface area (Å²) in [5, 5.41) is 0.695. The van der Waals surface area contributed by atoms with Crippen molar-refractivity contribution in [1.82, 2.24) is 4.57 Å². The first-order valence-corrected chi connectivity index (χ1v) is 9.98. The minimum absolute atomic E-state index is 0.228. The molecule has 1 heterocycles. The Balaban J connectivity index is 2.18. The predicted octanol–water partition coefficient (Wildman–Crippen LogP) is 5.15. The lowest BCUT2D eigenvalue weighted by atomic mass is 10.2. The van der Waals surface area contributed by atoms with Gasteiger partial charge in [0, 0.05) is 17.0 Å². The van der Waals surface area contributed by atoms with Gasteiger partial charge in [-0.3, -0.25) is 4.79 Å². The van der Waals surface area contributed by atoms with Crippen molar-refractivity contribution in [3.8, 4) is 0 Å². The summed E-state index contributed by atoms with van der Waals surface area (Å²) in [5.41, 5.74) is 2.79. The van der Waals surface area contributed by atoms with Crippen LogP contribution in [0.15, 0.2) is 46.3 Å². The third-order valence-electron chi connectivity index (χ3n) is 3.81. The molecule has 0 atom stereocenters. The zero-order valence-electron chi connectivity index (χ0n) is 13.7. The Kier molecular flexibility index (Phi) is 5.13. The largest absolute Gasteiger partial charge is 0.316 e. The maximum absolute atomic E-state index is 12.6. The number of nitrogens with zero attached hydrogens (tertiary/aromatic N) is 2. The van der Waals surface area contributed by atoms with Gasteiger partial charge >= 0.3 is 0 Å². The molecule has 0 aliphatic rings. The normalized spacial score (nSPS) is 12.1. The van der Waals surface area contributed by atoms with Gasteiger partial charge in [0.15, 0.2) is 4.80 Å². The lowest BCUT2D eigenvalue weighted by molar-refractivity contribution is 0.0997. The minimum Gasteiger partial charge on any atom is -0.316 e. The number of carbonyl (C=O) groups excluding carboxylic acids is 1. The number of benzene rings is 2. The molecule has 0 N–H and O–H groups in total. The average molecular weight is 377 g/mol. The highest BCUT2D eigenvalue weighted by molar-refractivity contribution is 7.98. The number of fused-ring (bicyclic) bond motifs is 1. The van der Waals surface area contributed by atoms with Crippen molar-refractivity contribution in [2.45, 2.75) is 25.3 Å². The maximum atomic E-state index is 12.6. The number of thiazole rings is 1. The minimum atomic E-state index is -0.228. The molecule has 3 nitrogen and oxygen atoms in total. The fraction of sp³-hybridized carbons (Fsp3) is 0.222. The SMILES string of the molecule is CCn1c(=NC(=O)c2cccc(SC)c2)sc2c(Cl)ccc(C)c21. The van der Waals surface area contributed by atoms with E-state index in [9.17, 15) is 4.79 Å². The monoisotopic (exact) mass is 376 g/mol. The molecule has 0 saturated heterocycles. The van der Waals surface area contributed by atoms with Crippen molar-refractivity contribution < 1.29 is 4.79 Å². The van der Waals surface area contributed by atoms with Gasteiger partial charge in [-0.05, 0) is 49.9 Å². The molecule has 0 bridgehead atoms. The topological polar surface area (TPSA) is 34.4 Å². The van der Waals surface area contributed by atoms with Gasteiger partial charge in [-0.15, -0.1) is 11.8 Å². The third kappa shape index (κ3) is 3.16. The molecular formula is C18H17ClN2OS2. The molecule has 24 heavy (non-hydrogen) atoms. The fourth-order valence-corrected chi connectivity index (χ4v) is 4.51. The zero-order chi connectivity index (χ0) is 17.3. The van der Waals surface area contributed by atoms with Crippen molar-refractivity contribution in [1.29, 1.82) is 0 Å². The Morgan fingerprint density at radius 2 is 2.12 bits per heavy atom. The first-order chi connectivity index (χ1) is 11.5. The smallest absolute Gasteiger partial charge is 0.279 e. The number of carbonyl (C=O) groups is 1. The molecule has 0 fully saturated rings. The molecule has 0 aliphatic carbocycles. The van der Waals surface area contributed by atoms with E-state index in [2.05, 4.69) is 9.56 Å². The summed E-state index contributed by atoms with van der Waals surface area (Å²) in [6.07, 6.45) is 1.99. The van der Waals surface area contributed by atoms with Crippen molar-refractivity contribution in [2.75, 3.05) is 6.26 Å². The molecule has 0 spiro atoms. The molecule has 0 radical (unpaired) electrons. The van der Waals surface area contributed by atoms with Crippen molar-refractivity contribution in [2.24, 2.45) is 4.99 Å². The summed E-state index contributed by atoms with van der Waals surface area (Å²) < 4.78 is 3.03. The number of hydrogen-bond acceptors (Lipinski definition) is 3. The van der Waals surface area contributed by atoms with Gasteiger partial charge in [0.1, 0.15) is 0 Å². The number of thioether (sulfide) groups is 1. The average Bonchev–Trinajstić information content (AvgIpc) is 2.97. The quantitative estimate of drug-likeness (QED) is 0.592. The van der Waals surface area contributed by atoms with E-state index in [1.807, 2.05) is 50.4 Å². The van der Waals surface area contributed by atoms with E-state index in [-0.39, 0.29) is 5.91 Å². The predicted molar refractivity (Wildman–Crippen MR) is 103 cm³/mol. The molecule has 0 aliphatic heterocycles. The second-order valence-corrected chi connectivity index (χ2v) is 7.58. The van der Waals surface area contributed by atoms with Crippen molar-refractivity contribution >= 4 is 50.8 Å². The molecule has 3 aromatic rings. The Bertz CT molecular complexity index is 988. The molecule has 3 rings (SSSR count). The Morgan fingerprint density at radius 1 is 1.33 bits per heavy atom. The van der Waals surface area contributed by atoms with Crippen LogP contribution in [0.5, 0.6) is 0 Å². The molecular weight excluding hydrogens is 360 g/mol. The van der Waals surface area contributed by atoms with Crippen LogP contribution in [0.2, 0.25) is 5.02 Å². The van der Waals surface area contributed by atoms with E-state index in [4.69, 9.17) is 11.6 Å². The van der Waals surface area contributed by atoms with Crippen LogP contribution in [0.25, 0.3) is 10.2 Å². The third-order valence-corrected chi connectivity index (χ3v) is 6.07. The molecule has 0 saturated carbocycles. The highest BCUT2D eigenvalue weighted by Gasteiger charge is 2.12. The molecule has 1 aromatic heterocycles. The molecule has 0 unspecified atom stereocenters. The Labute approximate surface area is 154 Å². The van der Waals surface area contributed by atoms with Crippen LogP contribution in [-0.2, 0) is 6.54 Å². The maximum Gasteiger partial charge on any atom is 0.279 e. The van der Waals surface area contributed by atoms with Gasteiger partial charge in [-0.1, -0.05) is 35.1 Å². The Morgan fingerprint density at radius 3 is 2.83 bits per heavy atom. The molecule has 2 aromatic carbocycles. The van der Waals surface area contributed by atoms with Crippen LogP contribution in [0.3, 0.4) is 0 Å². The van der Waals surface area contributed by atoms with Crippen molar-refractivity contribution in [3.05, 3.63) is 57.3 Å². The van der Waals surface area contributed by atoms with E-state index < -0.39 is 0 Å². The van der Waals surface area contributed by atoms with E-state index in [1.165, 1.54) is 11.3 Å². The van der Waals surface area contributed by atoms with Gasteiger partial charge in [0.25, 0.3) is 5.91 Å². The number of rotatable bonds is 3. The van der Waals surface area contributed by atoms with Gasteiger partial charge in [-0.25, -0.2) is 0 Å². The standard InChI is InChI=1S/C18H17ClN2OS2/c1-4-21-15-11(2)8-9-14(19)16(15)24-18(21)20-17(22)12-6-5-7-13(10-12)23-3/h5-10H,4H2,1-3H3. The van der Waals surface area contributed by atoms with Crippen LogP contribution in [0, 0.1) is 6.92 Å². The number of halogens is 1. The highest BCUT2D eigenvalue weighted by atomic mass is 35.5. The first-order valence-electron chi connectivity index (χ1n) is 7.56. The van der Waals surface area contributed by atoms with E-state index in [1.54, 1.807) is 17.8 Å². The second-order valence-electron chi connectivity index (χ2n) is 5.32. The van der Waals surface area contributed by atoms with Crippen LogP contribution in [0.4, 0.5) is 0 Å². The summed E-state index contributed by atoms with van der Waals surface area (Å²) >= 11 is 9.40. The lowest BCUT2D eigenvalue weighted by Gasteiger charge is -2.04. The van der Waals surface area contributed by atoms with Gasteiger partial charge in [0.2, 0.25) is 0 Å². The number of hydrogen-bond donors (Lipinski definition) is 0. The van der Waals surface area contributed by atoms with Crippen LogP contribution < -0.4 is 4.80 Å². The van der Waals surface area contributed by atoms with E-state index in [0.29, 0.717) is 15.4 Å². The summed E-state index contributed by atoms with van der Waals surface area (Å²) in [6.45, 7) is 4.83. The van der Waals surface area contributed by atoms with Gasteiger partial charge < -0.3 is 4.57 Å². The Hall–Kier alpha value is -1.56. The van der Waals surface area contributed by atoms with E-state index >= 15 is 0 Å². The first kappa shape index (κ1) is 17.3. The summed E-state index contributed by atoms with van der Waals surface area (Å²) in [4.78, 5) is 18.7. The van der Waals surface area contributed by atoms with Gasteiger partial charge in [0.05, 0.1) is 15.2 Å². The highest BCUT2D eigenvalue weighted by Crippen LogP contribution is 2.28. The fourth-order valence-electron chi connectivity index (χ4n) is 2.60. The van der Waals surface area contributed by atoms with Gasteiger partial charge in [-0.2, -0.15) is 4.99 Å². The number of aromatic nitrogens is 1.